The van der Waals surface area contributed by atoms with E-state index in [0.29, 0.717) is 18.2 Å². The second-order valence-corrected chi connectivity index (χ2v) is 6.08. The fourth-order valence-corrected chi connectivity index (χ4v) is 2.80. The van der Waals surface area contributed by atoms with Gasteiger partial charge < -0.3 is 10.2 Å². The minimum absolute atomic E-state index is 0.196. The van der Waals surface area contributed by atoms with E-state index in [1.807, 2.05) is 24.3 Å². The van der Waals surface area contributed by atoms with Crippen molar-refractivity contribution in [3.05, 3.63) is 60.9 Å². The Morgan fingerprint density at radius 1 is 1.04 bits per heavy atom. The Morgan fingerprint density at radius 2 is 1.88 bits per heavy atom. The average Bonchev–Trinajstić information content (AvgIpc) is 2.68. The number of nitrogens with zero attached hydrogens (tertiary/aromatic N) is 6. The van der Waals surface area contributed by atoms with Crippen molar-refractivity contribution in [1.29, 1.82) is 0 Å². The predicted octanol–water partition coefficient (Wildman–Crippen LogP) is 1.19. The predicted molar refractivity (Wildman–Crippen MR) is 95.3 cm³/mol. The fourth-order valence-electron chi connectivity index (χ4n) is 2.80. The summed E-state index contributed by atoms with van der Waals surface area (Å²) in [5.41, 5.74) is 2.15. The van der Waals surface area contributed by atoms with Crippen molar-refractivity contribution in [1.82, 2.24) is 30.5 Å². The van der Waals surface area contributed by atoms with Gasteiger partial charge in [0, 0.05) is 55.9 Å². The van der Waals surface area contributed by atoms with Crippen molar-refractivity contribution in [3.63, 3.8) is 0 Å². The number of aromatic nitrogens is 5. The van der Waals surface area contributed by atoms with Gasteiger partial charge in [-0.2, -0.15) is 0 Å². The number of amides is 1. The topological polar surface area (TPSA) is 96.8 Å². The fraction of sp³-hybridized carbons (Fsp3) is 0.222. The zero-order valence-corrected chi connectivity index (χ0v) is 14.0. The molecule has 3 aromatic rings. The quantitative estimate of drug-likeness (QED) is 0.740. The Morgan fingerprint density at radius 3 is 2.58 bits per heavy atom. The molecule has 4 rings (SSSR count). The maximum Gasteiger partial charge on any atom is 0.271 e. The Bertz CT molecular complexity index is 865. The molecule has 0 radical (unpaired) electrons. The smallest absolute Gasteiger partial charge is 0.271 e. The largest absolute Gasteiger partial charge is 0.354 e. The molecule has 1 aliphatic rings. The van der Waals surface area contributed by atoms with Crippen molar-refractivity contribution in [3.8, 4) is 11.3 Å². The summed E-state index contributed by atoms with van der Waals surface area (Å²) in [4.78, 5) is 26.0. The van der Waals surface area contributed by atoms with Gasteiger partial charge in [-0.1, -0.05) is 0 Å². The number of hydrogen-bond donors (Lipinski definition) is 1. The molecule has 8 heteroatoms. The summed E-state index contributed by atoms with van der Waals surface area (Å²) in [5.74, 6) is 1.04. The lowest BCUT2D eigenvalue weighted by Gasteiger charge is -2.39. The van der Waals surface area contributed by atoms with Gasteiger partial charge in [-0.25, -0.2) is 4.98 Å². The van der Waals surface area contributed by atoms with E-state index in [-0.39, 0.29) is 5.91 Å². The Kier molecular flexibility index (Phi) is 4.46. The van der Waals surface area contributed by atoms with Gasteiger partial charge in [0.2, 0.25) is 0 Å². The number of hydrogen-bond acceptors (Lipinski definition) is 7. The molecule has 1 aliphatic heterocycles. The molecule has 0 saturated carbocycles. The highest BCUT2D eigenvalue weighted by molar-refractivity contribution is 5.91. The molecule has 0 aliphatic carbocycles. The SMILES string of the molecule is O=C(NCC1CN(c2ccc(-c3ccncc3)nn2)C1)c1cnccn1. The normalized spacial score (nSPS) is 13.9. The van der Waals surface area contributed by atoms with Crippen LogP contribution in [0.3, 0.4) is 0 Å². The van der Waals surface area contributed by atoms with Crippen molar-refractivity contribution in [2.45, 2.75) is 0 Å². The molecule has 1 N–H and O–H groups in total. The molecule has 1 fully saturated rings. The van der Waals surface area contributed by atoms with Crippen LogP contribution in [0.2, 0.25) is 0 Å². The lowest BCUT2D eigenvalue weighted by molar-refractivity contribution is 0.0939. The minimum atomic E-state index is -0.196. The van der Waals surface area contributed by atoms with E-state index in [2.05, 4.69) is 35.4 Å². The molecular weight excluding hydrogens is 330 g/mol. The van der Waals surface area contributed by atoms with Crippen LogP contribution in [0.1, 0.15) is 10.5 Å². The number of nitrogens with one attached hydrogen (secondary N) is 1. The van der Waals surface area contributed by atoms with Gasteiger partial charge in [-0.15, -0.1) is 10.2 Å². The third-order valence-corrected chi connectivity index (χ3v) is 4.25. The van der Waals surface area contributed by atoms with Crippen LogP contribution >= 0.6 is 0 Å². The zero-order valence-electron chi connectivity index (χ0n) is 14.0. The Balaban J connectivity index is 1.28. The van der Waals surface area contributed by atoms with E-state index in [4.69, 9.17) is 0 Å². The van der Waals surface area contributed by atoms with E-state index in [1.54, 1.807) is 18.6 Å². The second-order valence-electron chi connectivity index (χ2n) is 6.08. The van der Waals surface area contributed by atoms with Gasteiger partial charge in [0.25, 0.3) is 5.91 Å². The molecule has 3 aromatic heterocycles. The number of pyridine rings is 1. The first kappa shape index (κ1) is 16.1. The van der Waals surface area contributed by atoms with Crippen LogP contribution in [0.5, 0.6) is 0 Å². The Labute approximate surface area is 150 Å². The maximum atomic E-state index is 12.0. The van der Waals surface area contributed by atoms with E-state index >= 15 is 0 Å². The first-order valence-electron chi connectivity index (χ1n) is 8.33. The van der Waals surface area contributed by atoms with Crippen LogP contribution < -0.4 is 10.2 Å². The van der Waals surface area contributed by atoms with Crippen LogP contribution in [0.25, 0.3) is 11.3 Å². The van der Waals surface area contributed by atoms with Crippen molar-refractivity contribution >= 4 is 11.7 Å². The number of carbonyl (C=O) groups is 1. The highest BCUT2D eigenvalue weighted by Crippen LogP contribution is 2.23. The standard InChI is InChI=1S/C18H17N7O/c26-18(16-10-20-7-8-21-16)22-9-13-11-25(12-13)17-2-1-15(23-24-17)14-3-5-19-6-4-14/h1-8,10,13H,9,11-12H2,(H,22,26). The molecular formula is C18H17N7O. The first-order valence-corrected chi connectivity index (χ1v) is 8.33. The summed E-state index contributed by atoms with van der Waals surface area (Å²) < 4.78 is 0. The highest BCUT2D eigenvalue weighted by Gasteiger charge is 2.28. The molecule has 1 saturated heterocycles. The maximum absolute atomic E-state index is 12.0. The van der Waals surface area contributed by atoms with E-state index in [9.17, 15) is 4.79 Å². The number of anilines is 1. The molecule has 130 valence electrons. The molecule has 1 amide bonds. The molecule has 0 atom stereocenters. The van der Waals surface area contributed by atoms with Gasteiger partial charge in [-0.3, -0.25) is 14.8 Å². The van der Waals surface area contributed by atoms with Gasteiger partial charge in [0.1, 0.15) is 5.69 Å². The molecule has 0 bridgehead atoms. The van der Waals surface area contributed by atoms with Crippen LogP contribution in [-0.4, -0.2) is 50.7 Å². The summed E-state index contributed by atoms with van der Waals surface area (Å²) in [6, 6.07) is 7.74. The highest BCUT2D eigenvalue weighted by atomic mass is 16.1. The summed E-state index contributed by atoms with van der Waals surface area (Å²) >= 11 is 0. The zero-order chi connectivity index (χ0) is 17.8. The lowest BCUT2D eigenvalue weighted by Crippen LogP contribution is -2.52. The van der Waals surface area contributed by atoms with Gasteiger partial charge >= 0.3 is 0 Å². The van der Waals surface area contributed by atoms with Crippen LogP contribution in [0, 0.1) is 5.92 Å². The van der Waals surface area contributed by atoms with Crippen molar-refractivity contribution < 1.29 is 4.79 Å². The summed E-state index contributed by atoms with van der Waals surface area (Å²) in [5, 5.41) is 11.5. The van der Waals surface area contributed by atoms with Crippen LogP contribution in [-0.2, 0) is 0 Å². The molecule has 0 aromatic carbocycles. The van der Waals surface area contributed by atoms with E-state index in [0.717, 1.165) is 30.2 Å². The summed E-state index contributed by atoms with van der Waals surface area (Å²) in [7, 11) is 0. The molecule has 0 spiro atoms. The second kappa shape index (κ2) is 7.22. The molecule has 26 heavy (non-hydrogen) atoms. The van der Waals surface area contributed by atoms with E-state index in [1.165, 1.54) is 12.4 Å². The van der Waals surface area contributed by atoms with Gasteiger partial charge in [0.15, 0.2) is 5.82 Å². The third-order valence-electron chi connectivity index (χ3n) is 4.25. The molecule has 8 nitrogen and oxygen atoms in total. The first-order chi connectivity index (χ1) is 12.8. The Hall–Kier alpha value is -3.42. The van der Waals surface area contributed by atoms with Crippen molar-refractivity contribution in [2.75, 3.05) is 24.5 Å². The monoisotopic (exact) mass is 347 g/mol. The van der Waals surface area contributed by atoms with Crippen LogP contribution in [0.4, 0.5) is 5.82 Å². The van der Waals surface area contributed by atoms with Crippen molar-refractivity contribution in [2.24, 2.45) is 5.92 Å². The average molecular weight is 347 g/mol. The minimum Gasteiger partial charge on any atom is -0.354 e. The lowest BCUT2D eigenvalue weighted by atomic mass is 10.00. The number of rotatable bonds is 5. The van der Waals surface area contributed by atoms with Crippen LogP contribution in [0.15, 0.2) is 55.2 Å². The van der Waals surface area contributed by atoms with Gasteiger partial charge in [-0.05, 0) is 24.3 Å². The number of carbonyl (C=O) groups excluding carboxylic acids is 1. The molecule has 0 unspecified atom stereocenters. The summed E-state index contributed by atoms with van der Waals surface area (Å²) in [6.45, 7) is 2.28. The van der Waals surface area contributed by atoms with Gasteiger partial charge in [0.05, 0.1) is 11.9 Å². The molecule has 4 heterocycles. The summed E-state index contributed by atoms with van der Waals surface area (Å²) in [6.07, 6.45) is 7.98. The third kappa shape index (κ3) is 3.49. The van der Waals surface area contributed by atoms with E-state index < -0.39 is 0 Å².